The van der Waals surface area contributed by atoms with Crippen LogP contribution >= 0.6 is 34.5 Å². The molecule has 0 aliphatic rings. The molecule has 0 atom stereocenters. The zero-order chi connectivity index (χ0) is 14.9. The van der Waals surface area contributed by atoms with Crippen LogP contribution < -0.4 is 4.72 Å². The topological polar surface area (TPSA) is 96.4 Å². The number of sulfonamides is 1. The summed E-state index contributed by atoms with van der Waals surface area (Å²) in [7, 11) is -4.05. The quantitative estimate of drug-likeness (QED) is 0.881. The molecule has 0 bridgehead atoms. The van der Waals surface area contributed by atoms with Crippen LogP contribution in [0, 0.1) is 0 Å². The highest BCUT2D eigenvalue weighted by Crippen LogP contribution is 2.28. The number of aromatic nitrogens is 1. The molecule has 106 valence electrons. The van der Waals surface area contributed by atoms with E-state index in [1.165, 1.54) is 18.2 Å². The van der Waals surface area contributed by atoms with Crippen LogP contribution in [-0.2, 0) is 10.0 Å². The van der Waals surface area contributed by atoms with Crippen LogP contribution in [0.2, 0.25) is 10.0 Å². The summed E-state index contributed by atoms with van der Waals surface area (Å²) in [6.07, 6.45) is 0. The highest BCUT2D eigenvalue weighted by atomic mass is 35.5. The maximum atomic E-state index is 12.1. The number of hydrogen-bond acceptors (Lipinski definition) is 5. The van der Waals surface area contributed by atoms with Gasteiger partial charge in [0, 0.05) is 0 Å². The molecule has 0 unspecified atom stereocenters. The summed E-state index contributed by atoms with van der Waals surface area (Å²) in [6, 6.07) is 4.16. The van der Waals surface area contributed by atoms with Crippen LogP contribution in [0.1, 0.15) is 10.5 Å². The van der Waals surface area contributed by atoms with Gasteiger partial charge in [0.1, 0.15) is 0 Å². The van der Waals surface area contributed by atoms with Gasteiger partial charge in [-0.05, 0) is 18.2 Å². The lowest BCUT2D eigenvalue weighted by molar-refractivity contribution is 0.0687. The Kier molecular flexibility index (Phi) is 4.19. The normalized spacial score (nSPS) is 11.3. The molecule has 10 heteroatoms. The van der Waals surface area contributed by atoms with Gasteiger partial charge in [0.25, 0.3) is 10.0 Å². The maximum Gasteiger partial charge on any atom is 0.356 e. The predicted octanol–water partition coefficient (Wildman–Crippen LogP) is 2.95. The summed E-state index contributed by atoms with van der Waals surface area (Å²) < 4.78 is 26.0. The lowest BCUT2D eigenvalue weighted by Crippen LogP contribution is -2.15. The third-order valence-electron chi connectivity index (χ3n) is 2.15. The number of carbonyl (C=O) groups is 1. The molecule has 0 spiro atoms. The van der Waals surface area contributed by atoms with Crippen molar-refractivity contribution in [3.8, 4) is 0 Å². The Morgan fingerprint density at radius 3 is 2.60 bits per heavy atom. The molecular formula is C10H6Cl2N2O4S2. The fraction of sp³-hybridized carbons (Fsp3) is 0. The number of aromatic carboxylic acids is 1. The van der Waals surface area contributed by atoms with E-state index in [2.05, 4.69) is 9.71 Å². The lowest BCUT2D eigenvalue weighted by Gasteiger charge is -2.07. The molecule has 6 nitrogen and oxygen atoms in total. The Bertz CT molecular complexity index is 773. The van der Waals surface area contributed by atoms with Crippen molar-refractivity contribution in [1.82, 2.24) is 4.98 Å². The largest absolute Gasteiger partial charge is 0.476 e. The van der Waals surface area contributed by atoms with Crippen LogP contribution in [0.5, 0.6) is 0 Å². The summed E-state index contributed by atoms with van der Waals surface area (Å²) in [5.41, 5.74) is 0.791. The molecule has 2 N–H and O–H groups in total. The van der Waals surface area contributed by atoms with E-state index in [1.54, 1.807) is 0 Å². The van der Waals surface area contributed by atoms with Gasteiger partial charge in [-0.2, -0.15) is 0 Å². The van der Waals surface area contributed by atoms with Gasteiger partial charge in [-0.15, -0.1) is 11.3 Å². The molecular weight excluding hydrogens is 347 g/mol. The minimum Gasteiger partial charge on any atom is -0.476 e. The number of carboxylic acids is 1. The molecule has 1 aromatic carbocycles. The van der Waals surface area contributed by atoms with Crippen molar-refractivity contribution >= 4 is 56.2 Å². The van der Waals surface area contributed by atoms with Crippen molar-refractivity contribution < 1.29 is 18.3 Å². The number of carboxylic acid groups (broad SMARTS) is 1. The van der Waals surface area contributed by atoms with Crippen LogP contribution in [0.25, 0.3) is 0 Å². The molecule has 0 aliphatic heterocycles. The fourth-order valence-corrected chi connectivity index (χ4v) is 3.82. The smallest absolute Gasteiger partial charge is 0.356 e. The van der Waals surface area contributed by atoms with E-state index >= 15 is 0 Å². The fourth-order valence-electron chi connectivity index (χ4n) is 1.33. The van der Waals surface area contributed by atoms with Crippen LogP contribution in [0.3, 0.4) is 0 Å². The number of nitrogens with one attached hydrogen (secondary N) is 1. The van der Waals surface area contributed by atoms with Crippen molar-refractivity contribution in [3.05, 3.63) is 39.4 Å². The number of anilines is 1. The lowest BCUT2D eigenvalue weighted by atomic mass is 10.3. The van der Waals surface area contributed by atoms with E-state index in [0.29, 0.717) is 11.3 Å². The maximum absolute atomic E-state index is 12.1. The third-order valence-corrected chi connectivity index (χ3v) is 5.64. The Balaban J connectivity index is 2.38. The zero-order valence-corrected chi connectivity index (χ0v) is 12.6. The van der Waals surface area contributed by atoms with Crippen LogP contribution in [0.4, 0.5) is 5.69 Å². The molecule has 0 aliphatic carbocycles. The Labute approximate surface area is 128 Å². The van der Waals surface area contributed by atoms with Gasteiger partial charge in [-0.3, -0.25) is 4.72 Å². The molecule has 0 saturated carbocycles. The number of rotatable bonds is 4. The Hall–Kier alpha value is -1.35. The molecule has 0 radical (unpaired) electrons. The van der Waals surface area contributed by atoms with Gasteiger partial charge >= 0.3 is 5.97 Å². The standard InChI is InChI=1S/C10H6Cl2N2O4S2/c11-6-2-1-5(3-7(6)12)14-20(17,18)10-8(9(15)16)13-4-19-10/h1-4,14H,(H,15,16). The van der Waals surface area contributed by atoms with E-state index in [0.717, 1.165) is 5.51 Å². The Morgan fingerprint density at radius 1 is 1.30 bits per heavy atom. The van der Waals surface area contributed by atoms with E-state index < -0.39 is 21.7 Å². The second-order valence-corrected chi connectivity index (χ2v) is 7.07. The van der Waals surface area contributed by atoms with E-state index in [1.807, 2.05) is 0 Å². The minimum atomic E-state index is -4.05. The highest BCUT2D eigenvalue weighted by Gasteiger charge is 2.25. The first-order valence-corrected chi connectivity index (χ1v) is 8.08. The first kappa shape index (κ1) is 15.0. The average molecular weight is 353 g/mol. The summed E-state index contributed by atoms with van der Waals surface area (Å²) in [5, 5.41) is 9.33. The number of hydrogen-bond donors (Lipinski definition) is 2. The first-order chi connectivity index (χ1) is 9.31. The van der Waals surface area contributed by atoms with Crippen LogP contribution in [0.15, 0.2) is 27.9 Å². The second kappa shape index (κ2) is 5.57. The van der Waals surface area contributed by atoms with Gasteiger partial charge in [-0.1, -0.05) is 23.2 Å². The van der Waals surface area contributed by atoms with Crippen molar-refractivity contribution in [3.63, 3.8) is 0 Å². The summed E-state index contributed by atoms with van der Waals surface area (Å²) >= 11 is 12.2. The number of thiazole rings is 1. The molecule has 0 amide bonds. The predicted molar refractivity (Wildman–Crippen MR) is 76.3 cm³/mol. The molecule has 20 heavy (non-hydrogen) atoms. The van der Waals surface area contributed by atoms with Crippen LogP contribution in [-0.4, -0.2) is 24.5 Å². The van der Waals surface area contributed by atoms with Gasteiger partial charge in [0.2, 0.25) is 0 Å². The number of benzene rings is 1. The Morgan fingerprint density at radius 2 is 2.00 bits per heavy atom. The molecule has 2 rings (SSSR count). The molecule has 0 fully saturated rings. The van der Waals surface area contributed by atoms with E-state index in [9.17, 15) is 13.2 Å². The van der Waals surface area contributed by atoms with Gasteiger partial charge in [-0.25, -0.2) is 18.2 Å². The number of nitrogens with zero attached hydrogens (tertiary/aromatic N) is 1. The number of halogens is 2. The summed E-state index contributed by atoms with van der Waals surface area (Å²) in [4.78, 5) is 14.4. The monoisotopic (exact) mass is 352 g/mol. The SMILES string of the molecule is O=C(O)c1ncsc1S(=O)(=O)Nc1ccc(Cl)c(Cl)c1. The van der Waals surface area contributed by atoms with E-state index in [4.69, 9.17) is 28.3 Å². The van der Waals surface area contributed by atoms with Gasteiger partial charge in [0.15, 0.2) is 9.90 Å². The highest BCUT2D eigenvalue weighted by molar-refractivity contribution is 7.94. The second-order valence-electron chi connectivity index (χ2n) is 3.53. The minimum absolute atomic E-state index is 0.170. The summed E-state index contributed by atoms with van der Waals surface area (Å²) in [5.74, 6) is -1.42. The van der Waals surface area contributed by atoms with Gasteiger partial charge in [0.05, 0.1) is 21.2 Å². The first-order valence-electron chi connectivity index (χ1n) is 4.96. The van der Waals surface area contributed by atoms with E-state index in [-0.39, 0.29) is 19.9 Å². The van der Waals surface area contributed by atoms with Crippen molar-refractivity contribution in [2.24, 2.45) is 0 Å². The summed E-state index contributed by atoms with van der Waals surface area (Å²) in [6.45, 7) is 0. The average Bonchev–Trinajstić information content (AvgIpc) is 2.83. The van der Waals surface area contributed by atoms with Crippen molar-refractivity contribution in [2.75, 3.05) is 4.72 Å². The zero-order valence-electron chi connectivity index (χ0n) is 9.50. The van der Waals surface area contributed by atoms with Crippen molar-refractivity contribution in [2.45, 2.75) is 4.21 Å². The van der Waals surface area contributed by atoms with Crippen molar-refractivity contribution in [1.29, 1.82) is 0 Å². The molecule has 1 aromatic heterocycles. The third kappa shape index (κ3) is 3.04. The molecule has 1 heterocycles. The molecule has 0 saturated heterocycles. The van der Waals surface area contributed by atoms with Gasteiger partial charge < -0.3 is 5.11 Å². The molecule has 2 aromatic rings.